The molecule has 0 aliphatic heterocycles. The van der Waals surface area contributed by atoms with Crippen LogP contribution in [0.25, 0.3) is 0 Å². The standard InChI is InChI=1S/C10H22N2O2/c1-4-5-6-11-10(13)12-7-8-14-9(2)3/h9H,4-8H2,1-3H3,(H2,11,12,13). The number of hydrogen-bond acceptors (Lipinski definition) is 2. The van der Waals surface area contributed by atoms with E-state index in [1.165, 1.54) is 0 Å². The summed E-state index contributed by atoms with van der Waals surface area (Å²) in [5.74, 6) is 0. The molecule has 0 aromatic rings. The van der Waals surface area contributed by atoms with E-state index in [4.69, 9.17) is 4.74 Å². The number of urea groups is 1. The van der Waals surface area contributed by atoms with Crippen LogP contribution in [0.5, 0.6) is 0 Å². The zero-order chi connectivity index (χ0) is 10.8. The number of unbranched alkanes of at least 4 members (excludes halogenated alkanes) is 1. The lowest BCUT2D eigenvalue weighted by Gasteiger charge is -2.09. The lowest BCUT2D eigenvalue weighted by atomic mass is 10.3. The molecule has 0 aromatic carbocycles. The highest BCUT2D eigenvalue weighted by atomic mass is 16.5. The molecule has 0 radical (unpaired) electrons. The zero-order valence-electron chi connectivity index (χ0n) is 9.43. The van der Waals surface area contributed by atoms with E-state index in [-0.39, 0.29) is 12.1 Å². The third-order valence-electron chi connectivity index (χ3n) is 1.65. The minimum Gasteiger partial charge on any atom is -0.377 e. The van der Waals surface area contributed by atoms with Gasteiger partial charge in [0.1, 0.15) is 0 Å². The first-order valence-electron chi connectivity index (χ1n) is 5.30. The number of carbonyl (C=O) groups is 1. The molecule has 0 rings (SSSR count). The van der Waals surface area contributed by atoms with Crippen molar-refractivity contribution in [1.29, 1.82) is 0 Å². The number of carbonyl (C=O) groups excluding carboxylic acids is 1. The van der Waals surface area contributed by atoms with Crippen LogP contribution in [0.3, 0.4) is 0 Å². The monoisotopic (exact) mass is 202 g/mol. The molecule has 2 amide bonds. The van der Waals surface area contributed by atoms with Crippen molar-refractivity contribution in [3.63, 3.8) is 0 Å². The van der Waals surface area contributed by atoms with Crippen molar-refractivity contribution in [1.82, 2.24) is 10.6 Å². The Labute approximate surface area is 86.4 Å². The summed E-state index contributed by atoms with van der Waals surface area (Å²) in [6.45, 7) is 7.92. The Morgan fingerprint density at radius 3 is 2.50 bits per heavy atom. The van der Waals surface area contributed by atoms with Gasteiger partial charge in [-0.25, -0.2) is 4.79 Å². The first kappa shape index (κ1) is 13.2. The van der Waals surface area contributed by atoms with Crippen molar-refractivity contribution < 1.29 is 9.53 Å². The van der Waals surface area contributed by atoms with Crippen molar-refractivity contribution in [3.05, 3.63) is 0 Å². The molecule has 0 unspecified atom stereocenters. The van der Waals surface area contributed by atoms with Crippen LogP contribution in [-0.4, -0.2) is 31.8 Å². The van der Waals surface area contributed by atoms with Crippen LogP contribution >= 0.6 is 0 Å². The summed E-state index contributed by atoms with van der Waals surface area (Å²) in [7, 11) is 0. The highest BCUT2D eigenvalue weighted by Crippen LogP contribution is 1.85. The molecule has 2 N–H and O–H groups in total. The highest BCUT2D eigenvalue weighted by Gasteiger charge is 1.98. The Morgan fingerprint density at radius 2 is 1.93 bits per heavy atom. The molecule has 0 heterocycles. The molecular formula is C10H22N2O2. The van der Waals surface area contributed by atoms with Gasteiger partial charge in [0.15, 0.2) is 0 Å². The van der Waals surface area contributed by atoms with E-state index in [1.807, 2.05) is 13.8 Å². The molecule has 0 saturated heterocycles. The third kappa shape index (κ3) is 9.32. The summed E-state index contributed by atoms with van der Waals surface area (Å²) in [4.78, 5) is 11.1. The van der Waals surface area contributed by atoms with E-state index in [9.17, 15) is 4.79 Å². The van der Waals surface area contributed by atoms with Crippen LogP contribution in [0.2, 0.25) is 0 Å². The Bertz CT molecular complexity index is 149. The molecule has 0 fully saturated rings. The molecule has 84 valence electrons. The molecule has 0 spiro atoms. The van der Waals surface area contributed by atoms with Crippen LogP contribution in [0.4, 0.5) is 4.79 Å². The zero-order valence-corrected chi connectivity index (χ0v) is 9.43. The predicted molar refractivity (Wildman–Crippen MR) is 57.4 cm³/mol. The molecule has 0 aliphatic rings. The highest BCUT2D eigenvalue weighted by molar-refractivity contribution is 5.73. The van der Waals surface area contributed by atoms with Gasteiger partial charge in [0.25, 0.3) is 0 Å². The normalized spacial score (nSPS) is 10.3. The Morgan fingerprint density at radius 1 is 1.29 bits per heavy atom. The van der Waals surface area contributed by atoms with Crippen molar-refractivity contribution in [2.45, 2.75) is 39.7 Å². The second kappa shape index (κ2) is 8.81. The molecular weight excluding hydrogens is 180 g/mol. The maximum Gasteiger partial charge on any atom is 0.314 e. The minimum absolute atomic E-state index is 0.106. The first-order chi connectivity index (χ1) is 6.66. The molecule has 4 heteroatoms. The van der Waals surface area contributed by atoms with Crippen LogP contribution < -0.4 is 10.6 Å². The fourth-order valence-electron chi connectivity index (χ4n) is 0.900. The fourth-order valence-corrected chi connectivity index (χ4v) is 0.900. The molecule has 0 aromatic heterocycles. The number of nitrogens with one attached hydrogen (secondary N) is 2. The van der Waals surface area contributed by atoms with Crippen LogP contribution in [-0.2, 0) is 4.74 Å². The third-order valence-corrected chi connectivity index (χ3v) is 1.65. The van der Waals surface area contributed by atoms with Crippen LogP contribution in [0.15, 0.2) is 0 Å². The molecule has 0 saturated carbocycles. The van der Waals surface area contributed by atoms with Crippen molar-refractivity contribution in [2.24, 2.45) is 0 Å². The van der Waals surface area contributed by atoms with E-state index >= 15 is 0 Å². The second-order valence-corrected chi connectivity index (χ2v) is 3.46. The summed E-state index contributed by atoms with van der Waals surface area (Å²) >= 11 is 0. The topological polar surface area (TPSA) is 50.4 Å². The van der Waals surface area contributed by atoms with Crippen molar-refractivity contribution in [3.8, 4) is 0 Å². The quantitative estimate of drug-likeness (QED) is 0.615. The van der Waals surface area contributed by atoms with Gasteiger partial charge in [0.05, 0.1) is 12.7 Å². The second-order valence-electron chi connectivity index (χ2n) is 3.46. The van der Waals surface area contributed by atoms with Gasteiger partial charge in [-0.15, -0.1) is 0 Å². The number of ether oxygens (including phenoxy) is 1. The summed E-state index contributed by atoms with van der Waals surface area (Å²) in [5.41, 5.74) is 0. The van der Waals surface area contributed by atoms with E-state index in [2.05, 4.69) is 17.6 Å². The fraction of sp³-hybridized carbons (Fsp3) is 0.900. The van der Waals surface area contributed by atoms with Crippen molar-refractivity contribution >= 4 is 6.03 Å². The van der Waals surface area contributed by atoms with Crippen molar-refractivity contribution in [2.75, 3.05) is 19.7 Å². The van der Waals surface area contributed by atoms with Gasteiger partial charge < -0.3 is 15.4 Å². The summed E-state index contributed by atoms with van der Waals surface area (Å²) in [6, 6.07) is -0.106. The van der Waals surface area contributed by atoms with Gasteiger partial charge in [-0.1, -0.05) is 13.3 Å². The molecule has 0 aliphatic carbocycles. The summed E-state index contributed by atoms with van der Waals surface area (Å²) in [6.07, 6.45) is 2.34. The van der Waals surface area contributed by atoms with E-state index in [0.717, 1.165) is 19.4 Å². The molecule has 0 atom stereocenters. The SMILES string of the molecule is CCCCNC(=O)NCCOC(C)C. The van der Waals surface area contributed by atoms with Gasteiger partial charge >= 0.3 is 6.03 Å². The smallest absolute Gasteiger partial charge is 0.314 e. The molecule has 0 bridgehead atoms. The largest absolute Gasteiger partial charge is 0.377 e. The van der Waals surface area contributed by atoms with Gasteiger partial charge in [-0.3, -0.25) is 0 Å². The maximum atomic E-state index is 11.1. The Hall–Kier alpha value is -0.770. The number of amides is 2. The van der Waals surface area contributed by atoms with Gasteiger partial charge in [0.2, 0.25) is 0 Å². The maximum absolute atomic E-state index is 11.1. The van der Waals surface area contributed by atoms with Crippen LogP contribution in [0, 0.1) is 0 Å². The van der Waals surface area contributed by atoms with E-state index in [0.29, 0.717) is 13.2 Å². The Kier molecular flexibility index (Phi) is 8.33. The van der Waals surface area contributed by atoms with E-state index in [1.54, 1.807) is 0 Å². The number of hydrogen-bond donors (Lipinski definition) is 2. The minimum atomic E-state index is -0.106. The summed E-state index contributed by atoms with van der Waals surface area (Å²) < 4.78 is 5.28. The van der Waals surface area contributed by atoms with Gasteiger partial charge in [0, 0.05) is 13.1 Å². The lowest BCUT2D eigenvalue weighted by molar-refractivity contribution is 0.0818. The van der Waals surface area contributed by atoms with Gasteiger partial charge in [-0.05, 0) is 20.3 Å². The van der Waals surface area contributed by atoms with E-state index < -0.39 is 0 Å². The molecule has 14 heavy (non-hydrogen) atoms. The average molecular weight is 202 g/mol. The lowest BCUT2D eigenvalue weighted by Crippen LogP contribution is -2.37. The summed E-state index contributed by atoms with van der Waals surface area (Å²) in [5, 5.41) is 5.49. The Balaban J connectivity index is 3.18. The van der Waals surface area contributed by atoms with Gasteiger partial charge in [-0.2, -0.15) is 0 Å². The predicted octanol–water partition coefficient (Wildman–Crippen LogP) is 1.51. The first-order valence-corrected chi connectivity index (χ1v) is 5.30. The van der Waals surface area contributed by atoms with Crippen LogP contribution in [0.1, 0.15) is 33.6 Å². The number of rotatable bonds is 7. The molecule has 4 nitrogen and oxygen atoms in total. The average Bonchev–Trinajstić information content (AvgIpc) is 2.13.